The summed E-state index contributed by atoms with van der Waals surface area (Å²) >= 11 is 6.46. The van der Waals surface area contributed by atoms with Gasteiger partial charge in [0.2, 0.25) is 0 Å². The van der Waals surface area contributed by atoms with Gasteiger partial charge in [-0.15, -0.1) is 0 Å². The number of benzene rings is 2. The Labute approximate surface area is 187 Å². The van der Waals surface area contributed by atoms with Gasteiger partial charge in [0.15, 0.2) is 4.32 Å². The molecule has 1 aromatic heterocycles. The zero-order chi connectivity index (χ0) is 22.0. The number of nitro groups is 1. The van der Waals surface area contributed by atoms with E-state index in [1.165, 1.54) is 24.0 Å². The van der Waals surface area contributed by atoms with E-state index < -0.39 is 4.92 Å². The number of nitro benzene ring substituents is 1. The first-order chi connectivity index (χ1) is 14.9. The van der Waals surface area contributed by atoms with E-state index in [0.29, 0.717) is 26.3 Å². The highest BCUT2D eigenvalue weighted by Gasteiger charge is 2.32. The van der Waals surface area contributed by atoms with Crippen LogP contribution in [-0.2, 0) is 4.79 Å². The molecular formula is C22H15N3O4S2. The number of amides is 1. The number of hydrogen-bond acceptors (Lipinski definition) is 7. The number of para-hydroxylation sites is 1. The summed E-state index contributed by atoms with van der Waals surface area (Å²) in [7, 11) is 0. The average Bonchev–Trinajstić information content (AvgIpc) is 3.33. The van der Waals surface area contributed by atoms with Gasteiger partial charge in [-0.2, -0.15) is 10.1 Å². The maximum Gasteiger partial charge on any atom is 0.286 e. The fourth-order valence-corrected chi connectivity index (χ4v) is 4.07. The lowest BCUT2D eigenvalue weighted by atomic mass is 10.1. The van der Waals surface area contributed by atoms with Gasteiger partial charge in [-0.3, -0.25) is 14.9 Å². The summed E-state index contributed by atoms with van der Waals surface area (Å²) in [6, 6.07) is 17.3. The molecule has 0 unspecified atom stereocenters. The molecule has 0 bridgehead atoms. The molecule has 154 valence electrons. The summed E-state index contributed by atoms with van der Waals surface area (Å²) in [4.78, 5) is 23.9. The molecule has 9 heteroatoms. The Morgan fingerprint density at radius 2 is 1.87 bits per heavy atom. The number of thioether (sulfide) groups is 1. The van der Waals surface area contributed by atoms with E-state index in [4.69, 9.17) is 16.6 Å². The van der Waals surface area contributed by atoms with Crippen LogP contribution in [-0.4, -0.2) is 26.4 Å². The minimum Gasteiger partial charge on any atom is -0.455 e. The van der Waals surface area contributed by atoms with E-state index in [1.807, 2.05) is 31.2 Å². The van der Waals surface area contributed by atoms with Crippen LogP contribution >= 0.6 is 24.0 Å². The van der Waals surface area contributed by atoms with E-state index >= 15 is 0 Å². The van der Waals surface area contributed by atoms with Gasteiger partial charge in [0.1, 0.15) is 11.5 Å². The van der Waals surface area contributed by atoms with Crippen molar-refractivity contribution >= 4 is 52.2 Å². The van der Waals surface area contributed by atoms with Crippen LogP contribution in [0.2, 0.25) is 0 Å². The van der Waals surface area contributed by atoms with Crippen molar-refractivity contribution in [1.82, 2.24) is 5.01 Å². The molecule has 0 N–H and O–H groups in total. The van der Waals surface area contributed by atoms with Crippen LogP contribution in [0.4, 0.5) is 5.69 Å². The van der Waals surface area contributed by atoms with Crippen LogP contribution in [0.3, 0.4) is 0 Å². The number of hydrazone groups is 1. The zero-order valence-electron chi connectivity index (χ0n) is 16.2. The zero-order valence-corrected chi connectivity index (χ0v) is 17.9. The Morgan fingerprint density at radius 1 is 1.13 bits per heavy atom. The van der Waals surface area contributed by atoms with Gasteiger partial charge in [0.25, 0.3) is 11.6 Å². The number of carbonyl (C=O) groups is 1. The third-order valence-electron chi connectivity index (χ3n) is 4.44. The Hall–Kier alpha value is -3.56. The molecule has 0 radical (unpaired) electrons. The molecule has 3 aromatic rings. The highest BCUT2D eigenvalue weighted by Crippen LogP contribution is 2.33. The van der Waals surface area contributed by atoms with Gasteiger partial charge >= 0.3 is 0 Å². The molecule has 4 rings (SSSR count). The molecule has 2 heterocycles. The van der Waals surface area contributed by atoms with Crippen molar-refractivity contribution < 1.29 is 14.1 Å². The number of carbonyl (C=O) groups excluding carboxylic acids is 1. The predicted molar refractivity (Wildman–Crippen MR) is 125 cm³/mol. The van der Waals surface area contributed by atoms with Gasteiger partial charge in [-0.05, 0) is 49.0 Å². The molecule has 0 aliphatic carbocycles. The van der Waals surface area contributed by atoms with Crippen molar-refractivity contribution in [2.45, 2.75) is 6.92 Å². The lowest BCUT2D eigenvalue weighted by molar-refractivity contribution is -0.384. The van der Waals surface area contributed by atoms with Crippen molar-refractivity contribution in [3.8, 4) is 11.3 Å². The summed E-state index contributed by atoms with van der Waals surface area (Å²) in [5.74, 6) is 0.348. The van der Waals surface area contributed by atoms with Crippen molar-refractivity contribution in [2.75, 3.05) is 0 Å². The summed E-state index contributed by atoms with van der Waals surface area (Å²) in [6.07, 6.45) is 3.13. The second-order valence-electron chi connectivity index (χ2n) is 6.63. The van der Waals surface area contributed by atoms with Crippen LogP contribution < -0.4 is 0 Å². The number of furan rings is 1. The fourth-order valence-electron chi connectivity index (χ4n) is 2.90. The van der Waals surface area contributed by atoms with Crippen LogP contribution in [0, 0.1) is 17.0 Å². The van der Waals surface area contributed by atoms with Gasteiger partial charge in [-0.1, -0.05) is 53.7 Å². The van der Waals surface area contributed by atoms with Crippen molar-refractivity contribution in [3.05, 3.63) is 92.6 Å². The van der Waals surface area contributed by atoms with Crippen LogP contribution in [0.1, 0.15) is 16.9 Å². The smallest absolute Gasteiger partial charge is 0.286 e. The lowest BCUT2D eigenvalue weighted by Gasteiger charge is -2.05. The monoisotopic (exact) mass is 449 g/mol. The van der Waals surface area contributed by atoms with Gasteiger partial charge in [-0.25, -0.2) is 0 Å². The van der Waals surface area contributed by atoms with Gasteiger partial charge in [0.05, 0.1) is 21.6 Å². The summed E-state index contributed by atoms with van der Waals surface area (Å²) < 4.78 is 5.98. The standard InChI is InChI=1S/C22H15N3O4S2/c1-14-6-8-15(9-7-14)12-20-21(26)24(22(30)31-20)23-13-16-10-11-19(29-16)17-4-2-3-5-18(17)25(27)28/h2-13H,1H3/b20-12+,23-13-. The van der Waals surface area contributed by atoms with Crippen molar-refractivity contribution in [1.29, 1.82) is 0 Å². The molecule has 7 nitrogen and oxygen atoms in total. The van der Waals surface area contributed by atoms with E-state index in [1.54, 1.807) is 36.4 Å². The number of rotatable bonds is 5. The fraction of sp³-hybridized carbons (Fsp3) is 0.0455. The highest BCUT2D eigenvalue weighted by molar-refractivity contribution is 8.26. The van der Waals surface area contributed by atoms with Crippen molar-refractivity contribution in [3.63, 3.8) is 0 Å². The van der Waals surface area contributed by atoms with E-state index in [0.717, 1.165) is 16.1 Å². The van der Waals surface area contributed by atoms with E-state index in [2.05, 4.69) is 5.10 Å². The summed E-state index contributed by atoms with van der Waals surface area (Å²) in [5, 5.41) is 16.5. The molecule has 1 aliphatic heterocycles. The molecule has 1 amide bonds. The molecular weight excluding hydrogens is 434 g/mol. The minimum absolute atomic E-state index is 0.0569. The first-order valence-electron chi connectivity index (χ1n) is 9.14. The Kier molecular flexibility index (Phi) is 5.79. The Balaban J connectivity index is 1.53. The van der Waals surface area contributed by atoms with Crippen LogP contribution in [0.15, 0.2) is 75.1 Å². The Bertz CT molecular complexity index is 1250. The first-order valence-corrected chi connectivity index (χ1v) is 10.4. The predicted octanol–water partition coefficient (Wildman–Crippen LogP) is 5.40. The molecule has 1 aliphatic rings. The van der Waals surface area contributed by atoms with Gasteiger partial charge < -0.3 is 4.42 Å². The second kappa shape index (κ2) is 8.66. The maximum atomic E-state index is 12.7. The SMILES string of the molecule is Cc1ccc(/C=C2/SC(=S)N(/N=C\c3ccc(-c4ccccc4[N+](=O)[O-])o3)C2=O)cc1. The molecule has 1 saturated heterocycles. The number of aryl methyl sites for hydroxylation is 1. The number of thiocarbonyl (C=S) groups is 1. The third kappa shape index (κ3) is 4.47. The first kappa shape index (κ1) is 20.7. The maximum absolute atomic E-state index is 12.7. The Morgan fingerprint density at radius 3 is 2.61 bits per heavy atom. The molecule has 2 aromatic carbocycles. The largest absolute Gasteiger partial charge is 0.455 e. The molecule has 1 fully saturated rings. The van der Waals surface area contributed by atoms with Crippen LogP contribution in [0.25, 0.3) is 17.4 Å². The summed E-state index contributed by atoms with van der Waals surface area (Å²) in [6.45, 7) is 1.99. The quantitative estimate of drug-likeness (QED) is 0.170. The number of nitrogens with zero attached hydrogens (tertiary/aromatic N) is 3. The second-order valence-corrected chi connectivity index (χ2v) is 8.30. The topological polar surface area (TPSA) is 88.9 Å². The van der Waals surface area contributed by atoms with E-state index in [-0.39, 0.29) is 11.6 Å². The molecule has 0 saturated carbocycles. The van der Waals surface area contributed by atoms with E-state index in [9.17, 15) is 14.9 Å². The molecule has 31 heavy (non-hydrogen) atoms. The molecule has 0 spiro atoms. The third-order valence-corrected chi connectivity index (χ3v) is 5.72. The van der Waals surface area contributed by atoms with Crippen LogP contribution in [0.5, 0.6) is 0 Å². The minimum atomic E-state index is -0.466. The van der Waals surface area contributed by atoms with Crippen molar-refractivity contribution in [2.24, 2.45) is 5.10 Å². The lowest BCUT2D eigenvalue weighted by Crippen LogP contribution is -2.22. The number of hydrogen-bond donors (Lipinski definition) is 0. The highest BCUT2D eigenvalue weighted by atomic mass is 32.2. The molecule has 0 atom stereocenters. The normalized spacial score (nSPS) is 15.4. The van der Waals surface area contributed by atoms with Gasteiger partial charge in [0, 0.05) is 6.07 Å². The summed E-state index contributed by atoms with van der Waals surface area (Å²) in [5.41, 5.74) is 2.33. The average molecular weight is 450 g/mol.